The van der Waals surface area contributed by atoms with Gasteiger partial charge in [0.25, 0.3) is 5.69 Å². The van der Waals surface area contributed by atoms with Gasteiger partial charge in [0.05, 0.1) is 4.92 Å². The highest BCUT2D eigenvalue weighted by molar-refractivity contribution is 5.49. The predicted octanol–water partition coefficient (Wildman–Crippen LogP) is 1.58. The van der Waals surface area contributed by atoms with Crippen LogP contribution in [0.2, 0.25) is 0 Å². The zero-order valence-corrected chi connectivity index (χ0v) is 5.70. The summed E-state index contributed by atoms with van der Waals surface area (Å²) in [6.45, 7) is 0. The molecule has 0 aliphatic heterocycles. The SMILES string of the molecule is O=[N+]([O-])c1ccc2c(c1)C[C]2. The number of benzene rings is 1. The van der Waals surface area contributed by atoms with Crippen LogP contribution in [0.1, 0.15) is 11.1 Å². The minimum absolute atomic E-state index is 0.172. The van der Waals surface area contributed by atoms with E-state index in [0.717, 1.165) is 17.5 Å². The second-order valence-corrected chi connectivity index (χ2v) is 2.45. The summed E-state index contributed by atoms with van der Waals surface area (Å²) < 4.78 is 0. The highest BCUT2D eigenvalue weighted by atomic mass is 16.6. The molecule has 1 aromatic rings. The summed E-state index contributed by atoms with van der Waals surface area (Å²) in [6.07, 6.45) is 3.78. The van der Waals surface area contributed by atoms with Crippen molar-refractivity contribution in [2.75, 3.05) is 0 Å². The van der Waals surface area contributed by atoms with Gasteiger partial charge >= 0.3 is 0 Å². The van der Waals surface area contributed by atoms with Crippen LogP contribution in [0.25, 0.3) is 0 Å². The van der Waals surface area contributed by atoms with Gasteiger partial charge in [0, 0.05) is 18.6 Å². The quantitative estimate of drug-likeness (QED) is 0.447. The molecule has 0 aromatic heterocycles. The third-order valence-electron chi connectivity index (χ3n) is 1.77. The maximum atomic E-state index is 10.3. The van der Waals surface area contributed by atoms with Crippen LogP contribution in [0.15, 0.2) is 18.2 Å². The molecule has 1 aliphatic carbocycles. The van der Waals surface area contributed by atoms with Gasteiger partial charge < -0.3 is 0 Å². The lowest BCUT2D eigenvalue weighted by Crippen LogP contribution is -2.05. The lowest BCUT2D eigenvalue weighted by Gasteiger charge is -2.15. The molecule has 0 heterocycles. The molecule has 0 saturated heterocycles. The van der Waals surface area contributed by atoms with Gasteiger partial charge in [0.2, 0.25) is 0 Å². The molecule has 0 amide bonds. The number of nitro benzene ring substituents is 1. The standard InChI is InChI=1S/C8H5NO2/c10-9(11)8-4-3-6-1-2-7(6)5-8/h3-5H,2H2. The largest absolute Gasteiger partial charge is 0.269 e. The van der Waals surface area contributed by atoms with Crippen molar-refractivity contribution in [2.24, 2.45) is 0 Å². The van der Waals surface area contributed by atoms with Gasteiger partial charge in [-0.25, -0.2) is 0 Å². The fourth-order valence-electron chi connectivity index (χ4n) is 1.10. The highest BCUT2D eigenvalue weighted by Crippen LogP contribution is 2.27. The van der Waals surface area contributed by atoms with Crippen LogP contribution in [-0.2, 0) is 6.42 Å². The van der Waals surface area contributed by atoms with Crippen LogP contribution in [0.5, 0.6) is 0 Å². The van der Waals surface area contributed by atoms with E-state index in [2.05, 4.69) is 6.42 Å². The van der Waals surface area contributed by atoms with Crippen molar-refractivity contribution in [3.05, 3.63) is 45.9 Å². The Bertz CT molecular complexity index is 320. The van der Waals surface area contributed by atoms with Gasteiger partial charge in [-0.3, -0.25) is 10.1 Å². The van der Waals surface area contributed by atoms with Gasteiger partial charge in [0.1, 0.15) is 0 Å². The normalized spacial score (nSPS) is 13.5. The molecule has 3 nitrogen and oxygen atoms in total. The zero-order chi connectivity index (χ0) is 7.84. The van der Waals surface area contributed by atoms with Crippen molar-refractivity contribution in [3.63, 3.8) is 0 Å². The summed E-state index contributed by atoms with van der Waals surface area (Å²) in [4.78, 5) is 9.90. The number of nitrogens with zero attached hydrogens (tertiary/aromatic N) is 1. The molecular weight excluding hydrogens is 142 g/mol. The Kier molecular flexibility index (Phi) is 1.18. The second-order valence-electron chi connectivity index (χ2n) is 2.45. The van der Waals surface area contributed by atoms with E-state index in [9.17, 15) is 10.1 Å². The molecule has 2 rings (SSSR count). The highest BCUT2D eigenvalue weighted by Gasteiger charge is 2.17. The van der Waals surface area contributed by atoms with Crippen LogP contribution in [0.3, 0.4) is 0 Å². The summed E-state index contributed by atoms with van der Waals surface area (Å²) in [5, 5.41) is 10.3. The third kappa shape index (κ3) is 0.888. The van der Waals surface area contributed by atoms with Crippen molar-refractivity contribution in [1.82, 2.24) is 0 Å². The molecule has 54 valence electrons. The lowest BCUT2D eigenvalue weighted by molar-refractivity contribution is -0.384. The molecule has 0 spiro atoms. The van der Waals surface area contributed by atoms with Crippen molar-refractivity contribution in [3.8, 4) is 0 Å². The van der Waals surface area contributed by atoms with E-state index < -0.39 is 0 Å². The van der Waals surface area contributed by atoms with Gasteiger partial charge in [-0.15, -0.1) is 0 Å². The Morgan fingerprint density at radius 1 is 1.55 bits per heavy atom. The van der Waals surface area contributed by atoms with Gasteiger partial charge in [-0.1, -0.05) is 6.07 Å². The van der Waals surface area contributed by atoms with E-state index in [-0.39, 0.29) is 10.6 Å². The molecular formula is C8H5NO2. The van der Waals surface area contributed by atoms with Crippen molar-refractivity contribution >= 4 is 5.69 Å². The minimum atomic E-state index is -0.376. The second kappa shape index (κ2) is 2.05. The summed E-state index contributed by atoms with van der Waals surface area (Å²) in [7, 11) is 0. The number of rotatable bonds is 1. The van der Waals surface area contributed by atoms with Gasteiger partial charge in [-0.2, -0.15) is 0 Å². The molecule has 1 aliphatic rings. The molecule has 2 radical (unpaired) electrons. The van der Waals surface area contributed by atoms with Crippen molar-refractivity contribution in [2.45, 2.75) is 6.42 Å². The fraction of sp³-hybridized carbons (Fsp3) is 0.125. The molecule has 0 N–H and O–H groups in total. The van der Waals surface area contributed by atoms with Crippen LogP contribution in [0.4, 0.5) is 5.69 Å². The van der Waals surface area contributed by atoms with E-state index in [1.54, 1.807) is 12.1 Å². The zero-order valence-electron chi connectivity index (χ0n) is 5.70. The van der Waals surface area contributed by atoms with E-state index in [0.29, 0.717) is 0 Å². The maximum Gasteiger partial charge on any atom is 0.269 e. The van der Waals surface area contributed by atoms with E-state index in [1.165, 1.54) is 6.07 Å². The Labute approximate surface area is 63.8 Å². The number of nitro groups is 1. The van der Waals surface area contributed by atoms with Gasteiger partial charge in [0.15, 0.2) is 0 Å². The summed E-state index contributed by atoms with van der Waals surface area (Å²) in [6, 6.07) is 4.84. The van der Waals surface area contributed by atoms with Crippen LogP contribution < -0.4 is 0 Å². The molecule has 0 saturated carbocycles. The summed E-state index contributed by atoms with van der Waals surface area (Å²) >= 11 is 0. The predicted molar refractivity (Wildman–Crippen MR) is 39.1 cm³/mol. The fourth-order valence-corrected chi connectivity index (χ4v) is 1.10. The maximum absolute atomic E-state index is 10.3. The number of hydrogen-bond acceptors (Lipinski definition) is 2. The monoisotopic (exact) mass is 147 g/mol. The Morgan fingerprint density at radius 2 is 2.36 bits per heavy atom. The Morgan fingerprint density at radius 3 is 2.82 bits per heavy atom. The van der Waals surface area contributed by atoms with E-state index >= 15 is 0 Å². The minimum Gasteiger partial charge on any atom is -0.258 e. The Balaban J connectivity index is 2.46. The van der Waals surface area contributed by atoms with Crippen LogP contribution in [-0.4, -0.2) is 4.92 Å². The number of hydrogen-bond donors (Lipinski definition) is 0. The van der Waals surface area contributed by atoms with Crippen molar-refractivity contribution < 1.29 is 4.92 Å². The number of fused-ring (bicyclic) bond motifs is 1. The first-order valence-corrected chi connectivity index (χ1v) is 3.28. The van der Waals surface area contributed by atoms with Crippen LogP contribution >= 0.6 is 0 Å². The molecule has 1 aromatic carbocycles. The third-order valence-corrected chi connectivity index (χ3v) is 1.77. The van der Waals surface area contributed by atoms with E-state index in [4.69, 9.17) is 0 Å². The molecule has 3 heteroatoms. The topological polar surface area (TPSA) is 43.1 Å². The van der Waals surface area contributed by atoms with Gasteiger partial charge in [-0.05, 0) is 17.5 Å². The summed E-state index contributed by atoms with van der Waals surface area (Å²) in [5.74, 6) is 0. The molecule has 0 unspecified atom stereocenters. The first-order chi connectivity index (χ1) is 5.27. The smallest absolute Gasteiger partial charge is 0.258 e. The molecule has 0 bridgehead atoms. The molecule has 11 heavy (non-hydrogen) atoms. The van der Waals surface area contributed by atoms with Crippen molar-refractivity contribution in [1.29, 1.82) is 0 Å². The summed E-state index contributed by atoms with van der Waals surface area (Å²) in [5.41, 5.74) is 2.21. The van der Waals surface area contributed by atoms with E-state index in [1.807, 2.05) is 0 Å². The first kappa shape index (κ1) is 6.34. The molecule has 0 fully saturated rings. The first-order valence-electron chi connectivity index (χ1n) is 3.28. The average molecular weight is 147 g/mol. The average Bonchev–Trinajstić information content (AvgIpc) is 1.91. The van der Waals surface area contributed by atoms with Crippen LogP contribution in [0, 0.1) is 16.5 Å². The Hall–Kier alpha value is -1.38. The lowest BCUT2D eigenvalue weighted by atomic mass is 9.88. The molecule has 0 atom stereocenters. The number of non-ortho nitro benzene ring substituents is 1.